The first-order chi connectivity index (χ1) is 11.6. The van der Waals surface area contributed by atoms with Crippen molar-refractivity contribution in [3.8, 4) is 11.5 Å². The summed E-state index contributed by atoms with van der Waals surface area (Å²) in [4.78, 5) is 17.5. The van der Waals surface area contributed by atoms with Crippen LogP contribution in [0, 0.1) is 6.92 Å². The smallest absolute Gasteiger partial charge is 0.236 e. The summed E-state index contributed by atoms with van der Waals surface area (Å²) in [7, 11) is 0. The number of pyridine rings is 1. The van der Waals surface area contributed by atoms with Crippen molar-refractivity contribution in [2.45, 2.75) is 38.5 Å². The van der Waals surface area contributed by atoms with E-state index in [-0.39, 0.29) is 12.7 Å². The number of aryl methyl sites for hydroxylation is 2. The van der Waals surface area contributed by atoms with Crippen molar-refractivity contribution in [2.75, 3.05) is 12.1 Å². The summed E-state index contributed by atoms with van der Waals surface area (Å²) in [6, 6.07) is 9.77. The van der Waals surface area contributed by atoms with Crippen LogP contribution < -0.4 is 14.8 Å². The zero-order chi connectivity index (χ0) is 16.7. The fourth-order valence-corrected chi connectivity index (χ4v) is 3.17. The van der Waals surface area contributed by atoms with E-state index in [0.717, 1.165) is 47.6 Å². The van der Waals surface area contributed by atoms with Crippen LogP contribution in [0.4, 0.5) is 5.82 Å². The van der Waals surface area contributed by atoms with Gasteiger partial charge in [-0.3, -0.25) is 4.79 Å². The Hall–Kier alpha value is -2.56. The molecule has 1 fully saturated rings. The van der Waals surface area contributed by atoms with Crippen molar-refractivity contribution in [3.05, 3.63) is 47.2 Å². The lowest BCUT2D eigenvalue weighted by atomic mass is 9.94. The third kappa shape index (κ3) is 2.40. The van der Waals surface area contributed by atoms with Crippen molar-refractivity contribution >= 4 is 11.7 Å². The molecule has 0 unspecified atom stereocenters. The van der Waals surface area contributed by atoms with Crippen molar-refractivity contribution < 1.29 is 14.3 Å². The summed E-state index contributed by atoms with van der Waals surface area (Å²) < 4.78 is 10.8. The molecule has 1 N–H and O–H groups in total. The number of anilines is 1. The predicted octanol–water partition coefficient (Wildman–Crippen LogP) is 3.35. The minimum absolute atomic E-state index is 0.00849. The van der Waals surface area contributed by atoms with Crippen LogP contribution in [-0.2, 0) is 16.6 Å². The van der Waals surface area contributed by atoms with Gasteiger partial charge < -0.3 is 14.8 Å². The zero-order valence-electron chi connectivity index (χ0n) is 13.9. The highest BCUT2D eigenvalue weighted by Gasteiger charge is 2.51. The lowest BCUT2D eigenvalue weighted by molar-refractivity contribution is -0.118. The summed E-state index contributed by atoms with van der Waals surface area (Å²) in [5, 5.41) is 3.05. The molecule has 24 heavy (non-hydrogen) atoms. The molecule has 0 bridgehead atoms. The van der Waals surface area contributed by atoms with Crippen LogP contribution in [0.3, 0.4) is 0 Å². The second-order valence-corrected chi connectivity index (χ2v) is 6.42. The summed E-state index contributed by atoms with van der Waals surface area (Å²) in [6.45, 7) is 4.23. The Bertz CT molecular complexity index is 812. The van der Waals surface area contributed by atoms with Crippen LogP contribution in [0.1, 0.15) is 36.6 Å². The molecule has 1 aliphatic carbocycles. The van der Waals surface area contributed by atoms with Crippen LogP contribution in [0.5, 0.6) is 11.5 Å². The predicted molar refractivity (Wildman–Crippen MR) is 90.5 cm³/mol. The number of aromatic nitrogens is 1. The lowest BCUT2D eigenvalue weighted by Gasteiger charge is -2.17. The van der Waals surface area contributed by atoms with Crippen LogP contribution >= 0.6 is 0 Å². The SMILES string of the molecule is CCc1ccc(C)nc1NC(=O)C1(c2ccc3c(c2)OCO3)CC1. The molecule has 4 rings (SSSR count). The van der Waals surface area contributed by atoms with E-state index in [1.54, 1.807) is 0 Å². The van der Waals surface area contributed by atoms with E-state index >= 15 is 0 Å². The number of ether oxygens (including phenoxy) is 2. The molecule has 1 saturated carbocycles. The normalized spacial score (nSPS) is 16.8. The first-order valence-electron chi connectivity index (χ1n) is 8.30. The van der Waals surface area contributed by atoms with Gasteiger partial charge in [0.1, 0.15) is 5.82 Å². The van der Waals surface area contributed by atoms with Crippen LogP contribution in [0.15, 0.2) is 30.3 Å². The Morgan fingerprint density at radius 3 is 2.75 bits per heavy atom. The molecular weight excluding hydrogens is 304 g/mol. The third-order valence-corrected chi connectivity index (χ3v) is 4.84. The second-order valence-electron chi connectivity index (χ2n) is 6.42. The highest BCUT2D eigenvalue weighted by molar-refractivity contribution is 6.01. The molecule has 1 aliphatic heterocycles. The fourth-order valence-electron chi connectivity index (χ4n) is 3.17. The van der Waals surface area contributed by atoms with Gasteiger partial charge >= 0.3 is 0 Å². The number of hydrogen-bond acceptors (Lipinski definition) is 4. The minimum atomic E-state index is -0.475. The van der Waals surface area contributed by atoms with E-state index in [0.29, 0.717) is 5.82 Å². The quantitative estimate of drug-likeness (QED) is 0.937. The van der Waals surface area contributed by atoms with E-state index in [9.17, 15) is 4.79 Å². The molecule has 5 heteroatoms. The van der Waals surface area contributed by atoms with E-state index in [2.05, 4.69) is 17.2 Å². The average Bonchev–Trinajstić information content (AvgIpc) is 3.26. The van der Waals surface area contributed by atoms with Crippen molar-refractivity contribution in [3.63, 3.8) is 0 Å². The van der Waals surface area contributed by atoms with Gasteiger partial charge in [-0.25, -0.2) is 4.98 Å². The van der Waals surface area contributed by atoms with Gasteiger partial charge in [0, 0.05) is 5.69 Å². The molecule has 5 nitrogen and oxygen atoms in total. The van der Waals surface area contributed by atoms with Gasteiger partial charge in [-0.15, -0.1) is 0 Å². The summed E-state index contributed by atoms with van der Waals surface area (Å²) in [6.07, 6.45) is 2.51. The van der Waals surface area contributed by atoms with Gasteiger partial charge in [-0.1, -0.05) is 19.1 Å². The number of nitrogens with one attached hydrogen (secondary N) is 1. The molecule has 0 radical (unpaired) electrons. The van der Waals surface area contributed by atoms with Gasteiger partial charge in [0.15, 0.2) is 11.5 Å². The minimum Gasteiger partial charge on any atom is -0.454 e. The highest BCUT2D eigenvalue weighted by atomic mass is 16.7. The molecule has 1 aromatic carbocycles. The molecule has 0 saturated heterocycles. The molecule has 2 aromatic rings. The van der Waals surface area contributed by atoms with Gasteiger partial charge in [-0.2, -0.15) is 0 Å². The van der Waals surface area contributed by atoms with Gasteiger partial charge in [0.2, 0.25) is 12.7 Å². The highest BCUT2D eigenvalue weighted by Crippen LogP contribution is 2.51. The topological polar surface area (TPSA) is 60.5 Å². The standard InChI is InChI=1S/C19H20N2O3/c1-3-13-5-4-12(2)20-17(13)21-18(22)19(8-9-19)14-6-7-15-16(10-14)24-11-23-15/h4-7,10H,3,8-9,11H2,1-2H3,(H,20,21,22). The van der Waals surface area contributed by atoms with Crippen molar-refractivity contribution in [1.82, 2.24) is 4.98 Å². The molecule has 0 atom stereocenters. The molecule has 124 valence electrons. The largest absolute Gasteiger partial charge is 0.454 e. The van der Waals surface area contributed by atoms with Gasteiger partial charge in [0.05, 0.1) is 5.41 Å². The molecular formula is C19H20N2O3. The molecule has 1 aromatic heterocycles. The number of carbonyl (C=O) groups is 1. The number of hydrogen-bond donors (Lipinski definition) is 1. The second kappa shape index (κ2) is 5.51. The van der Waals surface area contributed by atoms with Crippen LogP contribution in [0.25, 0.3) is 0 Å². The Kier molecular flexibility index (Phi) is 3.44. The third-order valence-electron chi connectivity index (χ3n) is 4.84. The van der Waals surface area contributed by atoms with Crippen LogP contribution in [-0.4, -0.2) is 17.7 Å². The average molecular weight is 324 g/mol. The van der Waals surface area contributed by atoms with E-state index < -0.39 is 5.41 Å². The first-order valence-corrected chi connectivity index (χ1v) is 8.30. The van der Waals surface area contributed by atoms with Crippen molar-refractivity contribution in [2.24, 2.45) is 0 Å². The monoisotopic (exact) mass is 324 g/mol. The maximum absolute atomic E-state index is 13.0. The number of nitrogens with zero attached hydrogens (tertiary/aromatic N) is 1. The van der Waals surface area contributed by atoms with Gasteiger partial charge in [-0.05, 0) is 55.5 Å². The number of rotatable bonds is 4. The van der Waals surface area contributed by atoms with E-state index in [1.165, 1.54) is 0 Å². The Morgan fingerprint density at radius 2 is 2.00 bits per heavy atom. The number of fused-ring (bicyclic) bond motifs is 1. The van der Waals surface area contributed by atoms with E-state index in [1.807, 2.05) is 37.3 Å². The summed E-state index contributed by atoms with van der Waals surface area (Å²) in [5.74, 6) is 2.14. The Labute approximate surface area is 141 Å². The number of benzene rings is 1. The Morgan fingerprint density at radius 1 is 1.21 bits per heavy atom. The van der Waals surface area contributed by atoms with Crippen LogP contribution in [0.2, 0.25) is 0 Å². The summed E-state index contributed by atoms with van der Waals surface area (Å²) in [5.41, 5.74) is 2.46. The number of amides is 1. The fraction of sp³-hybridized carbons (Fsp3) is 0.368. The first kappa shape index (κ1) is 15.0. The summed E-state index contributed by atoms with van der Waals surface area (Å²) >= 11 is 0. The maximum atomic E-state index is 13.0. The molecule has 2 aliphatic rings. The Balaban J connectivity index is 1.61. The number of carbonyl (C=O) groups excluding carboxylic acids is 1. The lowest BCUT2D eigenvalue weighted by Crippen LogP contribution is -2.28. The van der Waals surface area contributed by atoms with Crippen molar-refractivity contribution in [1.29, 1.82) is 0 Å². The zero-order valence-corrected chi connectivity index (χ0v) is 13.9. The van der Waals surface area contributed by atoms with E-state index in [4.69, 9.17) is 9.47 Å². The maximum Gasteiger partial charge on any atom is 0.236 e. The molecule has 2 heterocycles. The molecule has 0 spiro atoms. The van der Waals surface area contributed by atoms with Gasteiger partial charge in [0.25, 0.3) is 0 Å². The molecule has 1 amide bonds.